The van der Waals surface area contributed by atoms with Crippen molar-refractivity contribution < 1.29 is 14.3 Å². The van der Waals surface area contributed by atoms with Crippen molar-refractivity contribution in [3.05, 3.63) is 24.6 Å². The number of hydrogen-bond acceptors (Lipinski definition) is 4. The van der Waals surface area contributed by atoms with Gasteiger partial charge in [0, 0.05) is 12.2 Å². The Morgan fingerprint density at radius 1 is 1.40 bits per heavy atom. The number of carboxylic acids is 1. The fourth-order valence-corrected chi connectivity index (χ4v) is 2.17. The molecule has 0 aliphatic carbocycles. The summed E-state index contributed by atoms with van der Waals surface area (Å²) in [5.41, 5.74) is 0.814. The molecule has 0 spiro atoms. The molecule has 0 amide bonds. The molecule has 0 saturated carbocycles. The topological polar surface area (TPSA) is 75.4 Å². The number of aliphatic carboxylic acids is 1. The standard InChI is InChI=1S/C15H20N2O3/c1-10(15(18)19)4-3-5-11(2)17-14-12-7-9-20-13(12)6-8-16-14/h6-11H,3-5H2,1-2H3,(H,16,17)(H,18,19). The fraction of sp³-hybridized carbons (Fsp3) is 0.467. The van der Waals surface area contributed by atoms with Gasteiger partial charge in [0.15, 0.2) is 0 Å². The van der Waals surface area contributed by atoms with Crippen molar-refractivity contribution >= 4 is 22.8 Å². The highest BCUT2D eigenvalue weighted by molar-refractivity contribution is 5.87. The largest absolute Gasteiger partial charge is 0.481 e. The van der Waals surface area contributed by atoms with Gasteiger partial charge in [0.1, 0.15) is 11.4 Å². The first-order valence-electron chi connectivity index (χ1n) is 6.89. The summed E-state index contributed by atoms with van der Waals surface area (Å²) in [6.07, 6.45) is 5.85. The summed E-state index contributed by atoms with van der Waals surface area (Å²) in [4.78, 5) is 15.1. The molecule has 2 unspecified atom stereocenters. The van der Waals surface area contributed by atoms with Crippen molar-refractivity contribution in [1.29, 1.82) is 0 Å². The maximum atomic E-state index is 10.7. The van der Waals surface area contributed by atoms with Gasteiger partial charge in [-0.15, -0.1) is 0 Å². The van der Waals surface area contributed by atoms with Crippen LogP contribution in [0.5, 0.6) is 0 Å². The molecule has 0 aliphatic rings. The van der Waals surface area contributed by atoms with Gasteiger partial charge in [0.25, 0.3) is 0 Å². The molecule has 2 N–H and O–H groups in total. The van der Waals surface area contributed by atoms with E-state index in [0.29, 0.717) is 6.42 Å². The van der Waals surface area contributed by atoms with Gasteiger partial charge in [0.05, 0.1) is 17.6 Å². The summed E-state index contributed by atoms with van der Waals surface area (Å²) in [6, 6.07) is 3.97. The van der Waals surface area contributed by atoms with Crippen molar-refractivity contribution in [2.45, 2.75) is 39.2 Å². The molecule has 0 fully saturated rings. The molecule has 5 heteroatoms. The Morgan fingerprint density at radius 2 is 2.20 bits per heavy atom. The van der Waals surface area contributed by atoms with Gasteiger partial charge in [0.2, 0.25) is 0 Å². The van der Waals surface area contributed by atoms with E-state index in [0.717, 1.165) is 29.6 Å². The third-order valence-corrected chi connectivity index (χ3v) is 3.46. The Morgan fingerprint density at radius 3 is 2.95 bits per heavy atom. The maximum Gasteiger partial charge on any atom is 0.306 e. The number of carbonyl (C=O) groups is 1. The van der Waals surface area contributed by atoms with E-state index < -0.39 is 5.97 Å². The predicted molar refractivity (Wildman–Crippen MR) is 77.7 cm³/mol. The molecule has 2 aromatic heterocycles. The molecule has 0 aromatic carbocycles. The SMILES string of the molecule is CC(CCCC(C)C(=O)O)Nc1nccc2occc12. The summed E-state index contributed by atoms with van der Waals surface area (Å²) in [6.45, 7) is 3.82. The molecule has 2 rings (SSSR count). The number of nitrogens with zero attached hydrogens (tertiary/aromatic N) is 1. The molecule has 0 radical (unpaired) electrons. The summed E-state index contributed by atoms with van der Waals surface area (Å²) in [7, 11) is 0. The third-order valence-electron chi connectivity index (χ3n) is 3.46. The van der Waals surface area contributed by atoms with E-state index in [1.807, 2.05) is 12.1 Å². The number of rotatable bonds is 7. The molecule has 0 bridgehead atoms. The Labute approximate surface area is 118 Å². The van der Waals surface area contributed by atoms with E-state index in [-0.39, 0.29) is 12.0 Å². The van der Waals surface area contributed by atoms with Crippen LogP contribution < -0.4 is 5.32 Å². The zero-order chi connectivity index (χ0) is 14.5. The number of pyridine rings is 1. The Balaban J connectivity index is 1.87. The lowest BCUT2D eigenvalue weighted by atomic mass is 10.0. The molecule has 108 valence electrons. The number of anilines is 1. The highest BCUT2D eigenvalue weighted by atomic mass is 16.4. The van der Waals surface area contributed by atoms with Crippen LogP contribution in [0.3, 0.4) is 0 Å². The van der Waals surface area contributed by atoms with Crippen LogP contribution in [0, 0.1) is 5.92 Å². The third kappa shape index (κ3) is 3.50. The zero-order valence-corrected chi connectivity index (χ0v) is 11.8. The van der Waals surface area contributed by atoms with Gasteiger partial charge in [-0.05, 0) is 31.9 Å². The van der Waals surface area contributed by atoms with E-state index in [4.69, 9.17) is 9.52 Å². The number of nitrogens with one attached hydrogen (secondary N) is 1. The Kier molecular flexibility index (Phi) is 4.61. The molecule has 2 atom stereocenters. The van der Waals surface area contributed by atoms with E-state index in [1.165, 1.54) is 0 Å². The van der Waals surface area contributed by atoms with Gasteiger partial charge in [-0.2, -0.15) is 0 Å². The van der Waals surface area contributed by atoms with Gasteiger partial charge >= 0.3 is 5.97 Å². The first kappa shape index (κ1) is 14.4. The second kappa shape index (κ2) is 6.41. The summed E-state index contributed by atoms with van der Waals surface area (Å²) in [5.74, 6) is -0.192. The molecule has 0 saturated heterocycles. The minimum atomic E-state index is -0.726. The molecular formula is C15H20N2O3. The van der Waals surface area contributed by atoms with Crippen LogP contribution in [0.4, 0.5) is 5.82 Å². The smallest absolute Gasteiger partial charge is 0.306 e. The highest BCUT2D eigenvalue weighted by Crippen LogP contribution is 2.23. The van der Waals surface area contributed by atoms with Crippen molar-refractivity contribution in [1.82, 2.24) is 4.98 Å². The van der Waals surface area contributed by atoms with Crippen molar-refractivity contribution in [3.8, 4) is 0 Å². The first-order chi connectivity index (χ1) is 9.58. The van der Waals surface area contributed by atoms with Crippen LogP contribution in [0.15, 0.2) is 29.0 Å². The van der Waals surface area contributed by atoms with E-state index in [1.54, 1.807) is 19.4 Å². The van der Waals surface area contributed by atoms with Crippen LogP contribution in [0.2, 0.25) is 0 Å². The summed E-state index contributed by atoms with van der Waals surface area (Å²) in [5, 5.41) is 13.2. The molecule has 2 aromatic rings. The lowest BCUT2D eigenvalue weighted by Crippen LogP contribution is -2.17. The monoisotopic (exact) mass is 276 g/mol. The number of hydrogen-bond donors (Lipinski definition) is 2. The summed E-state index contributed by atoms with van der Waals surface area (Å²) < 4.78 is 5.33. The Bertz CT molecular complexity index is 579. The lowest BCUT2D eigenvalue weighted by molar-refractivity contribution is -0.141. The van der Waals surface area contributed by atoms with Crippen LogP contribution in [0.1, 0.15) is 33.1 Å². The van der Waals surface area contributed by atoms with Crippen LogP contribution in [0.25, 0.3) is 11.0 Å². The first-order valence-corrected chi connectivity index (χ1v) is 6.89. The number of fused-ring (bicyclic) bond motifs is 1. The van der Waals surface area contributed by atoms with Gasteiger partial charge in [-0.25, -0.2) is 4.98 Å². The van der Waals surface area contributed by atoms with E-state index in [9.17, 15) is 4.79 Å². The maximum absolute atomic E-state index is 10.7. The highest BCUT2D eigenvalue weighted by Gasteiger charge is 2.12. The molecular weight excluding hydrogens is 256 g/mol. The van der Waals surface area contributed by atoms with Crippen LogP contribution >= 0.6 is 0 Å². The predicted octanol–water partition coefficient (Wildman–Crippen LogP) is 3.52. The molecule has 5 nitrogen and oxygen atoms in total. The van der Waals surface area contributed by atoms with Gasteiger partial charge in [-0.3, -0.25) is 4.79 Å². The quantitative estimate of drug-likeness (QED) is 0.809. The summed E-state index contributed by atoms with van der Waals surface area (Å²) >= 11 is 0. The fourth-order valence-electron chi connectivity index (χ4n) is 2.17. The molecule has 2 heterocycles. The van der Waals surface area contributed by atoms with E-state index in [2.05, 4.69) is 17.2 Å². The second-order valence-corrected chi connectivity index (χ2v) is 5.21. The minimum Gasteiger partial charge on any atom is -0.481 e. The normalized spacial score (nSPS) is 14.1. The number of carboxylic acid groups (broad SMARTS) is 1. The zero-order valence-electron chi connectivity index (χ0n) is 11.8. The van der Waals surface area contributed by atoms with Crippen LogP contribution in [-0.4, -0.2) is 22.1 Å². The molecule has 0 aliphatic heterocycles. The van der Waals surface area contributed by atoms with Crippen LogP contribution in [-0.2, 0) is 4.79 Å². The van der Waals surface area contributed by atoms with Crippen molar-refractivity contribution in [2.24, 2.45) is 5.92 Å². The number of aromatic nitrogens is 1. The number of furan rings is 1. The van der Waals surface area contributed by atoms with E-state index >= 15 is 0 Å². The average molecular weight is 276 g/mol. The average Bonchev–Trinajstić information content (AvgIpc) is 2.87. The molecule has 20 heavy (non-hydrogen) atoms. The minimum absolute atomic E-state index is 0.240. The van der Waals surface area contributed by atoms with Crippen molar-refractivity contribution in [3.63, 3.8) is 0 Å². The Hall–Kier alpha value is -2.04. The second-order valence-electron chi connectivity index (χ2n) is 5.21. The lowest BCUT2D eigenvalue weighted by Gasteiger charge is -2.15. The van der Waals surface area contributed by atoms with Gasteiger partial charge < -0.3 is 14.8 Å². The van der Waals surface area contributed by atoms with Crippen molar-refractivity contribution in [2.75, 3.05) is 5.32 Å². The van der Waals surface area contributed by atoms with Gasteiger partial charge in [-0.1, -0.05) is 13.3 Å².